The number of esters is 1. The van der Waals surface area contributed by atoms with Crippen molar-refractivity contribution in [3.8, 4) is 0 Å². The minimum atomic E-state index is -0.543. The summed E-state index contributed by atoms with van der Waals surface area (Å²) in [4.78, 5) is 36.8. The molecular weight excluding hydrogens is 404 g/mol. The van der Waals surface area contributed by atoms with Crippen LogP contribution < -0.4 is 4.90 Å². The van der Waals surface area contributed by atoms with Crippen LogP contribution in [0.4, 0.5) is 10.6 Å². The van der Waals surface area contributed by atoms with Gasteiger partial charge in [-0.1, -0.05) is 6.92 Å². The number of nitrogens with zero attached hydrogens (tertiary/aromatic N) is 4. The zero-order chi connectivity index (χ0) is 19.5. The van der Waals surface area contributed by atoms with Crippen molar-refractivity contribution in [2.24, 2.45) is 0 Å². The van der Waals surface area contributed by atoms with Crippen LogP contribution in [-0.2, 0) is 9.47 Å². The second kappa shape index (κ2) is 8.20. The van der Waals surface area contributed by atoms with Crippen molar-refractivity contribution in [3.05, 3.63) is 16.5 Å². The van der Waals surface area contributed by atoms with Crippen molar-refractivity contribution in [3.63, 3.8) is 0 Å². The number of amides is 1. The number of aromatic nitrogens is 2. The zero-order valence-electron chi connectivity index (χ0n) is 15.8. The van der Waals surface area contributed by atoms with Gasteiger partial charge in [-0.3, -0.25) is 0 Å². The predicted molar refractivity (Wildman–Crippen MR) is 100 cm³/mol. The van der Waals surface area contributed by atoms with Crippen LogP contribution in [0.25, 0.3) is 0 Å². The predicted octanol–water partition coefficient (Wildman–Crippen LogP) is 2.86. The molecular formula is C17H25BrN4O4. The fourth-order valence-electron chi connectivity index (χ4n) is 2.78. The normalized spacial score (nSPS) is 17.8. The van der Waals surface area contributed by atoms with Gasteiger partial charge in [-0.15, -0.1) is 0 Å². The van der Waals surface area contributed by atoms with Crippen molar-refractivity contribution >= 4 is 33.8 Å². The van der Waals surface area contributed by atoms with Crippen LogP contribution in [0.3, 0.4) is 0 Å². The van der Waals surface area contributed by atoms with Crippen LogP contribution in [0.15, 0.2) is 10.8 Å². The monoisotopic (exact) mass is 428 g/mol. The first-order valence-corrected chi connectivity index (χ1v) is 9.31. The first-order chi connectivity index (χ1) is 12.2. The first kappa shape index (κ1) is 20.4. The van der Waals surface area contributed by atoms with Crippen LogP contribution in [0.1, 0.15) is 44.6 Å². The average Bonchev–Trinajstić information content (AvgIpc) is 2.59. The summed E-state index contributed by atoms with van der Waals surface area (Å²) in [7, 11) is 1.31. The van der Waals surface area contributed by atoms with Gasteiger partial charge in [0.1, 0.15) is 10.2 Å². The lowest BCUT2D eigenvalue weighted by atomic mass is 10.1. The van der Waals surface area contributed by atoms with E-state index in [2.05, 4.69) is 25.9 Å². The average molecular weight is 429 g/mol. The summed E-state index contributed by atoms with van der Waals surface area (Å²) in [6.45, 7) is 9.06. The van der Waals surface area contributed by atoms with Gasteiger partial charge < -0.3 is 19.3 Å². The van der Waals surface area contributed by atoms with Crippen LogP contribution in [0, 0.1) is 0 Å². The van der Waals surface area contributed by atoms with E-state index in [0.29, 0.717) is 30.1 Å². The Morgan fingerprint density at radius 1 is 1.35 bits per heavy atom. The fourth-order valence-corrected chi connectivity index (χ4v) is 3.06. The molecule has 1 aromatic heterocycles. The van der Waals surface area contributed by atoms with E-state index in [4.69, 9.17) is 9.47 Å². The molecule has 9 heteroatoms. The Labute approximate surface area is 162 Å². The molecule has 144 valence electrons. The standard InChI is InChI=1S/C17H25BrN4O4/c1-6-11-10-21(16(24)26-17(2,3)4)7-8-22(11)14-13(15(23)25-5)20-12(18)9-19-14/h9,11H,6-8,10H2,1-5H3/t11-/m1/s1. The summed E-state index contributed by atoms with van der Waals surface area (Å²) in [5.74, 6) is -0.0750. The molecule has 0 N–H and O–H groups in total. The highest BCUT2D eigenvalue weighted by atomic mass is 79.9. The Hall–Kier alpha value is -1.90. The van der Waals surface area contributed by atoms with Crippen LogP contribution in [-0.4, -0.2) is 65.3 Å². The van der Waals surface area contributed by atoms with Crippen molar-refractivity contribution in [1.82, 2.24) is 14.9 Å². The van der Waals surface area contributed by atoms with Gasteiger partial charge in [0.05, 0.1) is 13.3 Å². The number of ether oxygens (including phenoxy) is 2. The first-order valence-electron chi connectivity index (χ1n) is 8.51. The quantitative estimate of drug-likeness (QED) is 0.683. The molecule has 0 bridgehead atoms. The summed E-state index contributed by atoms with van der Waals surface area (Å²) >= 11 is 3.24. The minimum absolute atomic E-state index is 0.00449. The number of hydrogen-bond donors (Lipinski definition) is 0. The number of methoxy groups -OCH3 is 1. The minimum Gasteiger partial charge on any atom is -0.464 e. The molecule has 1 amide bonds. The molecule has 1 aromatic rings. The number of carbonyl (C=O) groups excluding carboxylic acids is 2. The Morgan fingerprint density at radius 3 is 2.62 bits per heavy atom. The lowest BCUT2D eigenvalue weighted by molar-refractivity contribution is 0.0212. The van der Waals surface area contributed by atoms with E-state index >= 15 is 0 Å². The summed E-state index contributed by atoms with van der Waals surface area (Å²) in [5.41, 5.74) is -0.378. The van der Waals surface area contributed by atoms with Crippen molar-refractivity contribution in [2.75, 3.05) is 31.6 Å². The van der Waals surface area contributed by atoms with Crippen molar-refractivity contribution in [2.45, 2.75) is 45.8 Å². The summed E-state index contributed by atoms with van der Waals surface area (Å²) < 4.78 is 10.8. The fraction of sp³-hybridized carbons (Fsp3) is 0.647. The molecule has 8 nitrogen and oxygen atoms in total. The number of rotatable bonds is 3. The molecule has 1 fully saturated rings. The van der Waals surface area contributed by atoms with Gasteiger partial charge >= 0.3 is 12.1 Å². The second-order valence-electron chi connectivity index (χ2n) is 7.04. The molecule has 1 saturated heterocycles. The van der Waals surface area contributed by atoms with E-state index in [-0.39, 0.29) is 17.8 Å². The molecule has 1 aliphatic heterocycles. The smallest absolute Gasteiger partial charge is 0.410 e. The highest BCUT2D eigenvalue weighted by Gasteiger charge is 2.34. The van der Waals surface area contributed by atoms with Gasteiger partial charge in [0.2, 0.25) is 0 Å². The SMILES string of the molecule is CC[C@@H]1CN(C(=O)OC(C)(C)C)CCN1c1ncc(Br)nc1C(=O)OC. The lowest BCUT2D eigenvalue weighted by Crippen LogP contribution is -2.56. The molecule has 2 heterocycles. The highest BCUT2D eigenvalue weighted by molar-refractivity contribution is 9.10. The molecule has 0 aliphatic carbocycles. The Bertz CT molecular complexity index is 677. The molecule has 0 radical (unpaired) electrons. The van der Waals surface area contributed by atoms with Crippen molar-refractivity contribution in [1.29, 1.82) is 0 Å². The molecule has 2 rings (SSSR count). The number of anilines is 1. The third-order valence-corrected chi connectivity index (χ3v) is 4.36. The van der Waals surface area contributed by atoms with Crippen LogP contribution >= 0.6 is 15.9 Å². The van der Waals surface area contributed by atoms with Crippen LogP contribution in [0.2, 0.25) is 0 Å². The van der Waals surface area contributed by atoms with Gasteiger partial charge in [0.25, 0.3) is 0 Å². The van der Waals surface area contributed by atoms with Gasteiger partial charge in [0, 0.05) is 25.7 Å². The molecule has 26 heavy (non-hydrogen) atoms. The molecule has 1 aliphatic rings. The Morgan fingerprint density at radius 2 is 2.04 bits per heavy atom. The molecule has 0 aromatic carbocycles. The number of piperazine rings is 1. The topological polar surface area (TPSA) is 84.9 Å². The van der Waals surface area contributed by atoms with E-state index in [1.807, 2.05) is 32.6 Å². The molecule has 0 spiro atoms. The van der Waals surface area contributed by atoms with E-state index in [0.717, 1.165) is 6.42 Å². The second-order valence-corrected chi connectivity index (χ2v) is 7.85. The number of halogens is 1. The van der Waals surface area contributed by atoms with Gasteiger partial charge in [-0.25, -0.2) is 19.6 Å². The maximum Gasteiger partial charge on any atom is 0.410 e. The lowest BCUT2D eigenvalue weighted by Gasteiger charge is -2.42. The highest BCUT2D eigenvalue weighted by Crippen LogP contribution is 2.25. The maximum absolute atomic E-state index is 12.4. The largest absolute Gasteiger partial charge is 0.464 e. The maximum atomic E-state index is 12.4. The van der Waals surface area contributed by atoms with Gasteiger partial charge in [0.15, 0.2) is 11.5 Å². The Balaban J connectivity index is 2.23. The van der Waals surface area contributed by atoms with Gasteiger partial charge in [-0.05, 0) is 43.1 Å². The van der Waals surface area contributed by atoms with Gasteiger partial charge in [-0.2, -0.15) is 0 Å². The molecule has 0 saturated carbocycles. The Kier molecular flexibility index (Phi) is 6.44. The van der Waals surface area contributed by atoms with E-state index in [1.165, 1.54) is 7.11 Å². The number of carbonyl (C=O) groups is 2. The summed E-state index contributed by atoms with van der Waals surface area (Å²) in [6.07, 6.45) is 2.00. The van der Waals surface area contributed by atoms with Crippen LogP contribution in [0.5, 0.6) is 0 Å². The third kappa shape index (κ3) is 4.84. The zero-order valence-corrected chi connectivity index (χ0v) is 17.4. The molecule has 0 unspecified atom stereocenters. The summed E-state index contributed by atoms with van der Waals surface area (Å²) in [5, 5.41) is 0. The van der Waals surface area contributed by atoms with E-state index in [9.17, 15) is 9.59 Å². The molecule has 1 atom stereocenters. The van der Waals surface area contributed by atoms with Crippen molar-refractivity contribution < 1.29 is 19.1 Å². The summed E-state index contributed by atoms with van der Waals surface area (Å²) in [6, 6.07) is -0.00449. The third-order valence-electron chi connectivity index (χ3n) is 3.98. The van der Waals surface area contributed by atoms with E-state index < -0.39 is 11.6 Å². The van der Waals surface area contributed by atoms with E-state index in [1.54, 1.807) is 11.1 Å². The number of hydrogen-bond acceptors (Lipinski definition) is 7.